The van der Waals surface area contributed by atoms with Crippen LogP contribution >= 0.6 is 23.2 Å². The number of aromatic nitrogens is 4. The summed E-state index contributed by atoms with van der Waals surface area (Å²) in [7, 11) is -2.25. The maximum Gasteiger partial charge on any atom is 0.304 e. The summed E-state index contributed by atoms with van der Waals surface area (Å²) in [6.45, 7) is 4.08. The lowest BCUT2D eigenvalue weighted by Gasteiger charge is -2.25. The van der Waals surface area contributed by atoms with E-state index in [1.54, 1.807) is 17.8 Å². The Morgan fingerprint density at radius 3 is 2.74 bits per heavy atom. The van der Waals surface area contributed by atoms with Gasteiger partial charge in [0.15, 0.2) is 0 Å². The molecule has 43 heavy (non-hydrogen) atoms. The number of rotatable bonds is 7. The molecule has 0 radical (unpaired) electrons. The van der Waals surface area contributed by atoms with Gasteiger partial charge in [-0.1, -0.05) is 47.5 Å². The number of aryl methyl sites for hydroxylation is 3. The number of hydrogen-bond donors (Lipinski definition) is 1. The normalized spacial score (nSPS) is 18.6. The first-order valence-corrected chi connectivity index (χ1v) is 16.3. The number of ether oxygens (including phenoxy) is 1. The van der Waals surface area contributed by atoms with Crippen LogP contribution in [-0.4, -0.2) is 56.4 Å². The number of nitrogens with zero attached hydrogens (tertiary/aromatic N) is 5. The molecule has 2 aliphatic rings. The molecule has 0 saturated carbocycles. The molecule has 4 aromatic rings. The number of aliphatic carboxylic acids is 1. The SMILES string of the molecule is CC[C@@H]1CN(Cc2cc(C(CC(=O)O)c3cc(Cl)c4c(nnn4C)c3C)cc3c2CCC3)S(=O)(=O)c2cc(Cl)cnc2O1. The third-order valence-electron chi connectivity index (χ3n) is 8.50. The summed E-state index contributed by atoms with van der Waals surface area (Å²) in [5.41, 5.74) is 6.71. The van der Waals surface area contributed by atoms with Crippen LogP contribution in [0.4, 0.5) is 0 Å². The number of carboxylic acid groups (broad SMARTS) is 1. The summed E-state index contributed by atoms with van der Waals surface area (Å²) < 4.78 is 37.0. The van der Waals surface area contributed by atoms with Crippen LogP contribution in [-0.2, 0) is 41.3 Å². The lowest BCUT2D eigenvalue weighted by molar-refractivity contribution is -0.137. The molecule has 2 aromatic carbocycles. The van der Waals surface area contributed by atoms with E-state index in [9.17, 15) is 18.3 Å². The highest BCUT2D eigenvalue weighted by Gasteiger charge is 2.36. The van der Waals surface area contributed by atoms with Crippen molar-refractivity contribution >= 4 is 50.2 Å². The molecule has 6 rings (SSSR count). The fourth-order valence-corrected chi connectivity index (χ4v) is 8.43. The third kappa shape index (κ3) is 5.37. The average Bonchev–Trinajstić information content (AvgIpc) is 3.58. The van der Waals surface area contributed by atoms with Gasteiger partial charge in [0.05, 0.1) is 23.0 Å². The summed E-state index contributed by atoms with van der Waals surface area (Å²) in [4.78, 5) is 16.3. The van der Waals surface area contributed by atoms with Gasteiger partial charge in [0.1, 0.15) is 22.0 Å². The Hall–Kier alpha value is -3.25. The predicted octanol–water partition coefficient (Wildman–Crippen LogP) is 5.44. The van der Waals surface area contributed by atoms with Crippen LogP contribution in [0.2, 0.25) is 10.0 Å². The Balaban J connectivity index is 1.47. The van der Waals surface area contributed by atoms with Gasteiger partial charge in [0, 0.05) is 25.7 Å². The van der Waals surface area contributed by atoms with Crippen LogP contribution < -0.4 is 4.74 Å². The van der Waals surface area contributed by atoms with Crippen molar-refractivity contribution in [1.29, 1.82) is 0 Å². The minimum Gasteiger partial charge on any atom is -0.481 e. The highest BCUT2D eigenvalue weighted by atomic mass is 35.5. The molecule has 1 aliphatic heterocycles. The number of benzene rings is 2. The smallest absolute Gasteiger partial charge is 0.304 e. The minimum atomic E-state index is -4.01. The number of fused-ring (bicyclic) bond motifs is 3. The fourth-order valence-electron chi connectivity index (χ4n) is 6.33. The lowest BCUT2D eigenvalue weighted by atomic mass is 9.83. The molecule has 0 saturated heterocycles. The highest BCUT2D eigenvalue weighted by Crippen LogP contribution is 2.40. The van der Waals surface area contributed by atoms with E-state index < -0.39 is 28.0 Å². The van der Waals surface area contributed by atoms with Crippen molar-refractivity contribution < 1.29 is 23.1 Å². The number of carbonyl (C=O) groups is 1. The zero-order valence-corrected chi connectivity index (χ0v) is 26.3. The number of pyridine rings is 1. The van der Waals surface area contributed by atoms with Gasteiger partial charge in [0.2, 0.25) is 15.9 Å². The van der Waals surface area contributed by atoms with Gasteiger partial charge in [-0.15, -0.1) is 5.10 Å². The summed E-state index contributed by atoms with van der Waals surface area (Å²) >= 11 is 12.8. The van der Waals surface area contributed by atoms with Crippen molar-refractivity contribution in [1.82, 2.24) is 24.3 Å². The summed E-state index contributed by atoms with van der Waals surface area (Å²) in [5, 5.41) is 19.0. The molecule has 1 N–H and O–H groups in total. The highest BCUT2D eigenvalue weighted by molar-refractivity contribution is 7.89. The van der Waals surface area contributed by atoms with E-state index >= 15 is 0 Å². The van der Waals surface area contributed by atoms with E-state index in [0.717, 1.165) is 52.6 Å². The topological polar surface area (TPSA) is 128 Å². The quantitative estimate of drug-likeness (QED) is 0.282. The van der Waals surface area contributed by atoms with Gasteiger partial charge in [0.25, 0.3) is 0 Å². The molecule has 0 amide bonds. The Morgan fingerprint density at radius 2 is 2.00 bits per heavy atom. The van der Waals surface area contributed by atoms with Gasteiger partial charge in [-0.2, -0.15) is 4.31 Å². The van der Waals surface area contributed by atoms with Gasteiger partial charge >= 0.3 is 5.97 Å². The number of carboxylic acids is 1. The number of halogens is 2. The van der Waals surface area contributed by atoms with Gasteiger partial charge in [-0.05, 0) is 78.1 Å². The summed E-state index contributed by atoms with van der Waals surface area (Å²) in [5.74, 6) is -1.45. The van der Waals surface area contributed by atoms with Crippen molar-refractivity contribution in [2.24, 2.45) is 7.05 Å². The molecule has 1 aliphatic carbocycles. The van der Waals surface area contributed by atoms with E-state index in [1.807, 2.05) is 19.9 Å². The first-order valence-electron chi connectivity index (χ1n) is 14.1. The third-order valence-corrected chi connectivity index (χ3v) is 10.8. The van der Waals surface area contributed by atoms with Crippen molar-refractivity contribution in [3.63, 3.8) is 0 Å². The van der Waals surface area contributed by atoms with Gasteiger partial charge in [-0.3, -0.25) is 4.79 Å². The van der Waals surface area contributed by atoms with Crippen molar-refractivity contribution in [2.45, 2.75) is 69.4 Å². The zero-order valence-electron chi connectivity index (χ0n) is 24.0. The van der Waals surface area contributed by atoms with Crippen LogP contribution in [0.5, 0.6) is 5.88 Å². The van der Waals surface area contributed by atoms with Crippen LogP contribution in [0.25, 0.3) is 11.0 Å². The molecule has 0 spiro atoms. The molecule has 1 unspecified atom stereocenters. The van der Waals surface area contributed by atoms with Crippen molar-refractivity contribution in [3.05, 3.63) is 73.9 Å². The molecule has 3 heterocycles. The van der Waals surface area contributed by atoms with Crippen LogP contribution in [0.15, 0.2) is 35.4 Å². The lowest BCUT2D eigenvalue weighted by Crippen LogP contribution is -2.36. The van der Waals surface area contributed by atoms with E-state index in [2.05, 4.69) is 21.4 Å². The maximum absolute atomic E-state index is 14.0. The molecule has 0 bridgehead atoms. The summed E-state index contributed by atoms with van der Waals surface area (Å²) in [6.07, 6.45) is 3.96. The first kappa shape index (κ1) is 29.8. The van der Waals surface area contributed by atoms with E-state index in [4.69, 9.17) is 27.9 Å². The molecule has 10 nitrogen and oxygen atoms in total. The Morgan fingerprint density at radius 1 is 1.21 bits per heavy atom. The second kappa shape index (κ2) is 11.4. The van der Waals surface area contributed by atoms with E-state index in [0.29, 0.717) is 22.5 Å². The molecule has 226 valence electrons. The standard InChI is InChI=1S/C30H31Cl2N5O5S/c1-4-21-15-37(43(40,41)26-10-20(31)13-33-30(26)42-21)14-19-9-18(8-17-6-5-7-22(17)19)24(12-27(38)39)23-11-25(32)29-28(16(23)2)34-35-36(29)3/h8-11,13,21,24H,4-7,12,14-15H2,1-3H3,(H,38,39)/t21-,24?/m1/s1. The van der Waals surface area contributed by atoms with Crippen LogP contribution in [0, 0.1) is 6.92 Å². The molecule has 2 atom stereocenters. The minimum absolute atomic E-state index is 0.0472. The van der Waals surface area contributed by atoms with Gasteiger partial charge < -0.3 is 9.84 Å². The molecular weight excluding hydrogens is 613 g/mol. The zero-order chi connectivity index (χ0) is 30.6. The van der Waals surface area contributed by atoms with E-state index in [1.165, 1.54) is 16.6 Å². The largest absolute Gasteiger partial charge is 0.481 e. The van der Waals surface area contributed by atoms with Crippen molar-refractivity contribution in [2.75, 3.05) is 6.54 Å². The van der Waals surface area contributed by atoms with Crippen molar-refractivity contribution in [3.8, 4) is 5.88 Å². The Labute approximate surface area is 259 Å². The Kier molecular flexibility index (Phi) is 7.87. The fraction of sp³-hybridized carbons (Fsp3) is 0.400. The monoisotopic (exact) mass is 643 g/mol. The Bertz CT molecular complexity index is 1880. The van der Waals surface area contributed by atoms with E-state index in [-0.39, 0.29) is 35.3 Å². The number of hydrogen-bond acceptors (Lipinski definition) is 7. The van der Waals surface area contributed by atoms with Gasteiger partial charge in [-0.25, -0.2) is 18.1 Å². The summed E-state index contributed by atoms with van der Waals surface area (Å²) in [6, 6.07) is 7.22. The maximum atomic E-state index is 14.0. The average molecular weight is 645 g/mol. The molecular formula is C30H31Cl2N5O5S. The predicted molar refractivity (Wildman–Crippen MR) is 162 cm³/mol. The second-order valence-corrected chi connectivity index (χ2v) is 14.0. The first-order chi connectivity index (χ1) is 20.5. The number of sulfonamides is 1. The second-order valence-electron chi connectivity index (χ2n) is 11.2. The van der Waals surface area contributed by atoms with Crippen LogP contribution in [0.3, 0.4) is 0 Å². The molecule has 0 fully saturated rings. The van der Waals surface area contributed by atoms with Crippen LogP contribution in [0.1, 0.15) is 65.5 Å². The molecule has 2 aromatic heterocycles. The molecule has 13 heteroatoms.